The fourth-order valence-electron chi connectivity index (χ4n) is 22.7. The molecule has 0 radical (unpaired) electrons. The molecule has 30 aromatic rings. The van der Waals surface area contributed by atoms with E-state index in [1.54, 1.807) is 0 Å². The zero-order valence-corrected chi connectivity index (χ0v) is 81.6. The monoisotopic (exact) mass is 1910 g/mol. The Morgan fingerprint density at radius 2 is 0.347 bits per heavy atom. The van der Waals surface area contributed by atoms with E-state index in [1.165, 1.54) is 170 Å². The SMILES string of the molecule is c1ccc(-c2cc(-c3ccccc3)cc(-n3c4ccccc4c4cc(-c5ccc6c(c5)c5ccccc5n6-c5ccccn5)ccc43)c2)cc1.c1ccc(-c2cc(-c3ccccc3)nc(-n3c4ccccc4c4cc(-c5ccc6c(c5)c5ccccc5n6-c5ccccc5)ccc43)n2)cc1.c1ccc(-c2cc(-n3c4ccccc4c4cc(-c5ccc6c(c5)c5ccccc5n6-c5ccccc5)ccc43)cc(-c3ccccc3)n2)cc1. The molecule has 0 aliphatic carbocycles. The molecular formula is C140H92N10. The van der Waals surface area contributed by atoms with Gasteiger partial charge in [0.05, 0.1) is 94.7 Å². The Morgan fingerprint density at radius 1 is 0.120 bits per heavy atom. The lowest BCUT2D eigenvalue weighted by Gasteiger charge is -2.14. The van der Waals surface area contributed by atoms with E-state index in [1.807, 2.05) is 30.5 Å². The first-order chi connectivity index (χ1) is 74.4. The molecule has 0 amide bonds. The maximum absolute atomic E-state index is 5.19. The number of rotatable bonds is 15. The summed E-state index contributed by atoms with van der Waals surface area (Å²) in [7, 11) is 0. The molecule has 10 heteroatoms. The minimum atomic E-state index is 0.652. The van der Waals surface area contributed by atoms with Crippen LogP contribution in [0.2, 0.25) is 0 Å². The van der Waals surface area contributed by atoms with Crippen LogP contribution < -0.4 is 0 Å². The molecule has 0 aliphatic rings. The van der Waals surface area contributed by atoms with Gasteiger partial charge in [0.25, 0.3) is 0 Å². The second-order valence-electron chi connectivity index (χ2n) is 38.4. The Bertz CT molecular complexity index is 9310. The fourth-order valence-corrected chi connectivity index (χ4v) is 22.7. The molecule has 0 bridgehead atoms. The van der Waals surface area contributed by atoms with Gasteiger partial charge in [0.2, 0.25) is 5.95 Å². The van der Waals surface area contributed by atoms with Gasteiger partial charge in [-0.05, 0) is 238 Å². The Balaban J connectivity index is 0.000000108. The van der Waals surface area contributed by atoms with Crippen molar-refractivity contribution in [1.82, 2.24) is 47.3 Å². The van der Waals surface area contributed by atoms with Gasteiger partial charge in [0.1, 0.15) is 5.82 Å². The summed E-state index contributed by atoms with van der Waals surface area (Å²) < 4.78 is 14.0. The predicted molar refractivity (Wildman–Crippen MR) is 625 cm³/mol. The van der Waals surface area contributed by atoms with Gasteiger partial charge < -0.3 is 18.3 Å². The molecule has 9 aromatic heterocycles. The smallest absolute Gasteiger partial charge is 0.235 e. The fraction of sp³-hybridized carbons (Fsp3) is 0. The summed E-state index contributed by atoms with van der Waals surface area (Å²) in [5, 5.41) is 14.7. The van der Waals surface area contributed by atoms with Crippen LogP contribution in [-0.4, -0.2) is 47.3 Å². The van der Waals surface area contributed by atoms with Crippen molar-refractivity contribution in [2.75, 3.05) is 0 Å². The molecule has 150 heavy (non-hydrogen) atoms. The van der Waals surface area contributed by atoms with Crippen LogP contribution in [0.1, 0.15) is 0 Å². The van der Waals surface area contributed by atoms with Crippen LogP contribution in [0, 0.1) is 0 Å². The van der Waals surface area contributed by atoms with E-state index in [-0.39, 0.29) is 0 Å². The second kappa shape index (κ2) is 37.2. The van der Waals surface area contributed by atoms with Crippen molar-refractivity contribution in [3.8, 4) is 135 Å². The molecule has 0 aliphatic heterocycles. The Morgan fingerprint density at radius 3 is 0.647 bits per heavy atom. The quantitative estimate of drug-likeness (QED) is 0.102. The van der Waals surface area contributed by atoms with Crippen molar-refractivity contribution < 1.29 is 0 Å². The van der Waals surface area contributed by atoms with Crippen LogP contribution in [0.3, 0.4) is 0 Å². The summed E-state index contributed by atoms with van der Waals surface area (Å²) in [5.74, 6) is 1.58. The number of fused-ring (bicyclic) bond motifs is 18. The normalized spacial score (nSPS) is 11.6. The van der Waals surface area contributed by atoms with Crippen molar-refractivity contribution in [3.63, 3.8) is 0 Å². The minimum absolute atomic E-state index is 0.652. The van der Waals surface area contributed by atoms with E-state index >= 15 is 0 Å². The first kappa shape index (κ1) is 87.6. The molecular weight excluding hydrogens is 1820 g/mol. The minimum Gasteiger partial charge on any atom is -0.309 e. The van der Waals surface area contributed by atoms with E-state index < -0.39 is 0 Å². The van der Waals surface area contributed by atoms with Gasteiger partial charge in [-0.3, -0.25) is 9.13 Å². The summed E-state index contributed by atoms with van der Waals surface area (Å²) in [6, 6.07) is 197. The summed E-state index contributed by atoms with van der Waals surface area (Å²) in [6.07, 6.45) is 1.86. The molecule has 0 spiro atoms. The van der Waals surface area contributed by atoms with Gasteiger partial charge in [0.15, 0.2) is 0 Å². The number of para-hydroxylation sites is 8. The third-order valence-corrected chi connectivity index (χ3v) is 29.6. The van der Waals surface area contributed by atoms with Gasteiger partial charge in [-0.15, -0.1) is 0 Å². The largest absolute Gasteiger partial charge is 0.309 e. The standard InChI is InChI=1S/2C47H31N3.C46H30N4/c1-4-14-32(15-5-1)42-30-37(31-43(48-42)33-16-6-2-7-17-33)50-45-23-13-11-21-39(45)41-29-35(25-27-47(41)50)34-24-26-46-40(28-34)38-20-10-12-22-44(38)49(46)36-18-8-3-9-19-36;1-3-13-32(14-4-1)36-27-37(33-15-5-2-6-16-33)29-38(28-36)49-43-19-9-7-17-39(43)41-30-34(22-24-45(41)49)35-23-25-46-42(31-35)40-18-8-10-20-44(40)50(46)47-21-11-12-26-48-47;1-4-14-31(15-5-1)40-30-41(32-16-6-2-7-17-32)48-46(47-40)50-43-23-13-11-21-37(43)39-29-34(25-27-45(39)50)33-24-26-44-38(28-33)36-20-10-12-22-42(36)49(44)35-18-8-3-9-19-35/h2*1-31H;1-30H. The number of hydrogen-bond donors (Lipinski definition) is 0. The highest BCUT2D eigenvalue weighted by Crippen LogP contribution is 2.46. The van der Waals surface area contributed by atoms with Crippen LogP contribution in [0.4, 0.5) is 0 Å². The molecule has 0 unspecified atom stereocenters. The van der Waals surface area contributed by atoms with E-state index in [9.17, 15) is 0 Å². The van der Waals surface area contributed by atoms with Gasteiger partial charge in [0, 0.05) is 110 Å². The number of aromatic nitrogens is 10. The molecule has 9 heterocycles. The van der Waals surface area contributed by atoms with E-state index in [2.05, 4.69) is 555 Å². The van der Waals surface area contributed by atoms with E-state index in [0.717, 1.165) is 90.0 Å². The summed E-state index contributed by atoms with van der Waals surface area (Å²) in [6.45, 7) is 0. The molecule has 10 nitrogen and oxygen atoms in total. The van der Waals surface area contributed by atoms with Crippen molar-refractivity contribution in [3.05, 3.63) is 558 Å². The van der Waals surface area contributed by atoms with Gasteiger partial charge in [-0.2, -0.15) is 0 Å². The van der Waals surface area contributed by atoms with Gasteiger partial charge in [-0.25, -0.2) is 19.9 Å². The van der Waals surface area contributed by atoms with Crippen LogP contribution in [-0.2, 0) is 0 Å². The summed E-state index contributed by atoms with van der Waals surface area (Å²) in [4.78, 5) is 20.2. The summed E-state index contributed by atoms with van der Waals surface area (Å²) >= 11 is 0. The average molecular weight is 1910 g/mol. The third-order valence-electron chi connectivity index (χ3n) is 29.6. The maximum atomic E-state index is 5.19. The van der Waals surface area contributed by atoms with E-state index in [0.29, 0.717) is 5.95 Å². The van der Waals surface area contributed by atoms with Crippen LogP contribution in [0.25, 0.3) is 266 Å². The van der Waals surface area contributed by atoms with E-state index in [4.69, 9.17) is 19.9 Å². The van der Waals surface area contributed by atoms with Gasteiger partial charge in [-0.1, -0.05) is 370 Å². The molecule has 0 atom stereocenters. The first-order valence-electron chi connectivity index (χ1n) is 51.0. The average Bonchev–Trinajstić information content (AvgIpc) is 1.58. The lowest BCUT2D eigenvalue weighted by molar-refractivity contribution is 0.995. The Hall–Kier alpha value is -20.2. The van der Waals surface area contributed by atoms with Crippen molar-refractivity contribution in [2.24, 2.45) is 0 Å². The predicted octanol–water partition coefficient (Wildman–Crippen LogP) is 36.2. The molecule has 702 valence electrons. The number of pyridine rings is 2. The molecule has 0 saturated carbocycles. The van der Waals surface area contributed by atoms with Crippen molar-refractivity contribution in [1.29, 1.82) is 0 Å². The highest BCUT2D eigenvalue weighted by molar-refractivity contribution is 6.17. The molecule has 0 fully saturated rings. The highest BCUT2D eigenvalue weighted by atomic mass is 15.2. The Labute approximate surface area is 865 Å². The molecule has 0 saturated heterocycles. The van der Waals surface area contributed by atoms with Crippen molar-refractivity contribution in [2.45, 2.75) is 0 Å². The second-order valence-corrected chi connectivity index (χ2v) is 38.4. The van der Waals surface area contributed by atoms with Gasteiger partial charge >= 0.3 is 0 Å². The molecule has 30 rings (SSSR count). The van der Waals surface area contributed by atoms with Crippen LogP contribution in [0.15, 0.2) is 558 Å². The summed E-state index contributed by atoms with van der Waals surface area (Å²) in [5.41, 5.74) is 38.5. The van der Waals surface area contributed by atoms with Crippen LogP contribution in [0.5, 0.6) is 0 Å². The topological polar surface area (TPSA) is 81.1 Å². The molecule has 21 aromatic carbocycles. The highest BCUT2D eigenvalue weighted by Gasteiger charge is 2.25. The van der Waals surface area contributed by atoms with Crippen molar-refractivity contribution >= 4 is 131 Å². The zero-order valence-electron chi connectivity index (χ0n) is 81.6. The lowest BCUT2D eigenvalue weighted by Crippen LogP contribution is -2.03. The number of benzene rings is 21. The number of nitrogens with zero attached hydrogens (tertiary/aromatic N) is 10. The van der Waals surface area contributed by atoms with Crippen LogP contribution >= 0.6 is 0 Å². The number of hydrogen-bond acceptors (Lipinski definition) is 4. The third kappa shape index (κ3) is 15.5. The first-order valence-corrected chi connectivity index (χ1v) is 51.0. The zero-order chi connectivity index (χ0) is 99.1. The maximum Gasteiger partial charge on any atom is 0.235 e. The molecule has 0 N–H and O–H groups in total. The lowest BCUT2D eigenvalue weighted by atomic mass is 9.98. The Kier molecular flexibility index (Phi) is 21.7.